The highest BCUT2D eigenvalue weighted by atomic mass is 16.3. The number of amides is 2. The van der Waals surface area contributed by atoms with Gasteiger partial charge in [-0.1, -0.05) is 30.3 Å². The van der Waals surface area contributed by atoms with E-state index >= 15 is 0 Å². The van der Waals surface area contributed by atoms with E-state index in [-0.39, 0.29) is 30.8 Å². The van der Waals surface area contributed by atoms with E-state index in [4.69, 9.17) is 5.11 Å². The van der Waals surface area contributed by atoms with Crippen molar-refractivity contribution in [3.63, 3.8) is 0 Å². The zero-order valence-electron chi connectivity index (χ0n) is 16.7. The Balaban J connectivity index is 1.41. The van der Waals surface area contributed by atoms with Gasteiger partial charge in [-0.05, 0) is 44.2 Å². The lowest BCUT2D eigenvalue weighted by atomic mass is 9.93. The summed E-state index contributed by atoms with van der Waals surface area (Å²) < 4.78 is 0. The van der Waals surface area contributed by atoms with Gasteiger partial charge in [0.2, 0.25) is 11.8 Å². The van der Waals surface area contributed by atoms with Crippen LogP contribution in [0.15, 0.2) is 30.3 Å². The molecule has 1 aromatic carbocycles. The van der Waals surface area contributed by atoms with Crippen molar-refractivity contribution in [2.24, 2.45) is 5.92 Å². The van der Waals surface area contributed by atoms with E-state index in [0.717, 1.165) is 58.3 Å². The van der Waals surface area contributed by atoms with E-state index in [9.17, 15) is 9.59 Å². The van der Waals surface area contributed by atoms with Gasteiger partial charge < -0.3 is 15.3 Å². The summed E-state index contributed by atoms with van der Waals surface area (Å²) >= 11 is 0. The van der Waals surface area contributed by atoms with Gasteiger partial charge in [0.25, 0.3) is 0 Å². The summed E-state index contributed by atoms with van der Waals surface area (Å²) in [5.41, 5.74) is 1.25. The van der Waals surface area contributed by atoms with Crippen molar-refractivity contribution in [3.8, 4) is 0 Å². The van der Waals surface area contributed by atoms with Gasteiger partial charge in [-0.3, -0.25) is 14.5 Å². The lowest BCUT2D eigenvalue weighted by molar-refractivity contribution is -0.133. The Morgan fingerprint density at radius 3 is 2.54 bits per heavy atom. The maximum absolute atomic E-state index is 12.6. The molecule has 0 radical (unpaired) electrons. The number of nitrogens with zero attached hydrogens (tertiary/aromatic N) is 2. The zero-order valence-corrected chi connectivity index (χ0v) is 16.7. The first-order chi connectivity index (χ1) is 13.7. The maximum atomic E-state index is 12.6. The number of aliphatic hydroxyl groups excluding tert-OH is 1. The van der Waals surface area contributed by atoms with Crippen LogP contribution in [0.1, 0.15) is 37.7 Å². The Labute approximate surface area is 167 Å². The second-order valence-corrected chi connectivity index (χ2v) is 7.95. The minimum atomic E-state index is -0.0774. The molecule has 0 saturated carbocycles. The van der Waals surface area contributed by atoms with Crippen molar-refractivity contribution < 1.29 is 14.7 Å². The minimum Gasteiger partial charge on any atom is -0.396 e. The third-order valence-corrected chi connectivity index (χ3v) is 6.04. The number of carbonyl (C=O) groups excluding carboxylic acids is 2. The van der Waals surface area contributed by atoms with Crippen LogP contribution in [-0.2, 0) is 16.0 Å². The smallest absolute Gasteiger partial charge is 0.224 e. The average Bonchev–Trinajstić information content (AvgIpc) is 2.75. The Hall–Kier alpha value is -1.92. The summed E-state index contributed by atoms with van der Waals surface area (Å²) in [6.07, 6.45) is 5.02. The molecule has 2 aliphatic rings. The highest BCUT2D eigenvalue weighted by molar-refractivity contribution is 5.79. The van der Waals surface area contributed by atoms with Gasteiger partial charge in [0.05, 0.1) is 12.5 Å². The Morgan fingerprint density at radius 1 is 1.07 bits per heavy atom. The fraction of sp³-hybridized carbons (Fsp3) is 0.636. The molecule has 6 nitrogen and oxygen atoms in total. The number of piperidine rings is 2. The topological polar surface area (TPSA) is 72.9 Å². The third-order valence-electron chi connectivity index (χ3n) is 6.04. The van der Waals surface area contributed by atoms with Crippen LogP contribution in [0.5, 0.6) is 0 Å². The number of carbonyl (C=O) groups is 2. The monoisotopic (exact) mass is 387 g/mol. The van der Waals surface area contributed by atoms with E-state index < -0.39 is 0 Å². The Morgan fingerprint density at radius 2 is 1.82 bits per heavy atom. The van der Waals surface area contributed by atoms with Crippen molar-refractivity contribution in [2.45, 2.75) is 44.6 Å². The van der Waals surface area contributed by atoms with Crippen LogP contribution in [0, 0.1) is 5.92 Å². The molecular formula is C22H33N3O3. The van der Waals surface area contributed by atoms with Gasteiger partial charge in [0.1, 0.15) is 0 Å². The van der Waals surface area contributed by atoms with Gasteiger partial charge in [-0.15, -0.1) is 0 Å². The number of benzene rings is 1. The quantitative estimate of drug-likeness (QED) is 0.742. The predicted molar refractivity (Wildman–Crippen MR) is 109 cm³/mol. The standard InChI is InChI=1S/C22H33N3O3/c26-16-11-21(27)24-14-9-20(10-15-24)25-13-4-7-19(17-25)22(28)23-12-8-18-5-2-1-3-6-18/h1-3,5-6,19-20,26H,4,7-17H2,(H,23,28). The van der Waals surface area contributed by atoms with Crippen LogP contribution in [0.25, 0.3) is 0 Å². The van der Waals surface area contributed by atoms with Crippen molar-refractivity contribution in [1.82, 2.24) is 15.1 Å². The van der Waals surface area contributed by atoms with E-state index in [1.807, 2.05) is 23.1 Å². The summed E-state index contributed by atoms with van der Waals surface area (Å²) in [6, 6.07) is 10.7. The van der Waals surface area contributed by atoms with E-state index in [0.29, 0.717) is 12.6 Å². The van der Waals surface area contributed by atoms with Gasteiger partial charge in [-0.2, -0.15) is 0 Å². The zero-order chi connectivity index (χ0) is 19.8. The van der Waals surface area contributed by atoms with Crippen LogP contribution in [0.4, 0.5) is 0 Å². The van der Waals surface area contributed by atoms with Crippen molar-refractivity contribution in [2.75, 3.05) is 39.3 Å². The molecule has 0 aromatic heterocycles. The van der Waals surface area contributed by atoms with Crippen molar-refractivity contribution in [3.05, 3.63) is 35.9 Å². The lowest BCUT2D eigenvalue weighted by Gasteiger charge is -2.42. The van der Waals surface area contributed by atoms with Gasteiger partial charge >= 0.3 is 0 Å². The molecule has 2 heterocycles. The Kier molecular flexibility index (Phi) is 7.86. The maximum Gasteiger partial charge on any atom is 0.224 e. The molecule has 0 aliphatic carbocycles. The lowest BCUT2D eigenvalue weighted by Crippen LogP contribution is -2.51. The number of hydrogen-bond acceptors (Lipinski definition) is 4. The Bertz CT molecular complexity index is 629. The van der Waals surface area contributed by atoms with Crippen LogP contribution in [0.2, 0.25) is 0 Å². The second-order valence-electron chi connectivity index (χ2n) is 7.95. The molecule has 154 valence electrons. The molecule has 2 amide bonds. The number of likely N-dealkylation sites (tertiary alicyclic amines) is 2. The van der Waals surface area contributed by atoms with Crippen LogP contribution in [0.3, 0.4) is 0 Å². The normalized spacial score (nSPS) is 21.5. The predicted octanol–water partition coefficient (Wildman–Crippen LogP) is 1.43. The summed E-state index contributed by atoms with van der Waals surface area (Å²) in [5, 5.41) is 12.1. The summed E-state index contributed by atoms with van der Waals surface area (Å²) in [5.74, 6) is 0.296. The molecule has 0 bridgehead atoms. The minimum absolute atomic E-state index is 0.0512. The van der Waals surface area contributed by atoms with Crippen LogP contribution < -0.4 is 5.32 Å². The molecule has 1 unspecified atom stereocenters. The molecule has 6 heteroatoms. The molecule has 3 rings (SSSR count). The first-order valence-electron chi connectivity index (χ1n) is 10.6. The molecule has 2 saturated heterocycles. The number of nitrogens with one attached hydrogen (secondary N) is 1. The van der Waals surface area contributed by atoms with Crippen LogP contribution in [-0.4, -0.2) is 72.1 Å². The number of rotatable bonds is 7. The molecule has 1 aromatic rings. The van der Waals surface area contributed by atoms with E-state index in [1.54, 1.807) is 0 Å². The fourth-order valence-corrected chi connectivity index (χ4v) is 4.41. The van der Waals surface area contributed by atoms with E-state index in [1.165, 1.54) is 5.56 Å². The largest absolute Gasteiger partial charge is 0.396 e. The summed E-state index contributed by atoms with van der Waals surface area (Å²) in [6.45, 7) is 3.99. The number of aliphatic hydroxyl groups is 1. The highest BCUT2D eigenvalue weighted by Crippen LogP contribution is 2.24. The first-order valence-corrected chi connectivity index (χ1v) is 10.6. The molecule has 2 N–H and O–H groups in total. The summed E-state index contributed by atoms with van der Waals surface area (Å²) in [4.78, 5) is 28.9. The highest BCUT2D eigenvalue weighted by Gasteiger charge is 2.32. The van der Waals surface area contributed by atoms with Crippen molar-refractivity contribution >= 4 is 11.8 Å². The third kappa shape index (κ3) is 5.79. The summed E-state index contributed by atoms with van der Waals surface area (Å²) in [7, 11) is 0. The second kappa shape index (κ2) is 10.6. The first kappa shape index (κ1) is 20.8. The molecule has 1 atom stereocenters. The van der Waals surface area contributed by atoms with E-state index in [2.05, 4.69) is 22.3 Å². The van der Waals surface area contributed by atoms with Crippen molar-refractivity contribution in [1.29, 1.82) is 0 Å². The molecular weight excluding hydrogens is 354 g/mol. The van der Waals surface area contributed by atoms with Crippen LogP contribution >= 0.6 is 0 Å². The molecule has 2 aliphatic heterocycles. The fourth-order valence-electron chi connectivity index (χ4n) is 4.41. The van der Waals surface area contributed by atoms with Gasteiger partial charge in [0.15, 0.2) is 0 Å². The molecule has 28 heavy (non-hydrogen) atoms. The average molecular weight is 388 g/mol. The SMILES string of the molecule is O=C(NCCc1ccccc1)C1CCCN(C2CCN(C(=O)CCO)CC2)C1. The van der Waals surface area contributed by atoms with Gasteiger partial charge in [-0.25, -0.2) is 0 Å². The molecule has 2 fully saturated rings. The van der Waals surface area contributed by atoms with Gasteiger partial charge in [0, 0.05) is 38.6 Å². The molecule has 0 spiro atoms. The number of hydrogen-bond donors (Lipinski definition) is 2.